The Morgan fingerprint density at radius 3 is 2.72 bits per heavy atom. The van der Waals surface area contributed by atoms with E-state index in [0.717, 1.165) is 0 Å². The molecule has 0 fully saturated rings. The zero-order valence-corrected chi connectivity index (χ0v) is 9.18. The van der Waals surface area contributed by atoms with E-state index in [0.29, 0.717) is 5.56 Å². The van der Waals surface area contributed by atoms with E-state index < -0.39 is 10.9 Å². The maximum absolute atomic E-state index is 10.8. The lowest BCUT2D eigenvalue weighted by atomic mass is 10.2. The smallest absolute Gasteiger partial charge is 0.356 e. The topological polar surface area (TPSA) is 98.3 Å². The van der Waals surface area contributed by atoms with Gasteiger partial charge in [-0.25, -0.2) is 4.79 Å². The number of benzene rings is 1. The Morgan fingerprint density at radius 2 is 2.11 bits per heavy atom. The summed E-state index contributed by atoms with van der Waals surface area (Å²) in [5.74, 6) is -1.13. The summed E-state index contributed by atoms with van der Waals surface area (Å²) in [5, 5.41) is 23.3. The van der Waals surface area contributed by atoms with Crippen LogP contribution in [-0.4, -0.2) is 25.8 Å². The highest BCUT2D eigenvalue weighted by atomic mass is 16.6. The molecule has 1 aromatic heterocycles. The largest absolute Gasteiger partial charge is 0.476 e. The molecule has 1 N–H and O–H groups in total. The summed E-state index contributed by atoms with van der Waals surface area (Å²) < 4.78 is 1.35. The molecule has 7 heteroatoms. The zero-order chi connectivity index (χ0) is 13.1. The van der Waals surface area contributed by atoms with E-state index >= 15 is 0 Å². The number of rotatable bonds is 4. The minimum absolute atomic E-state index is 0.00937. The van der Waals surface area contributed by atoms with Crippen LogP contribution in [0.2, 0.25) is 0 Å². The van der Waals surface area contributed by atoms with Gasteiger partial charge in [0.15, 0.2) is 5.69 Å². The second-order valence-electron chi connectivity index (χ2n) is 3.59. The molecule has 0 aliphatic carbocycles. The number of nitro groups is 1. The van der Waals surface area contributed by atoms with Crippen molar-refractivity contribution in [3.8, 4) is 0 Å². The normalized spacial score (nSPS) is 10.2. The van der Waals surface area contributed by atoms with Gasteiger partial charge >= 0.3 is 5.97 Å². The Bertz CT molecular complexity index is 606. The molecule has 0 radical (unpaired) electrons. The molecular formula is C11H9N3O4. The first kappa shape index (κ1) is 11.8. The molecular weight excluding hydrogens is 238 g/mol. The fourth-order valence-electron chi connectivity index (χ4n) is 1.56. The molecule has 7 nitrogen and oxygen atoms in total. The van der Waals surface area contributed by atoms with Crippen LogP contribution in [0.15, 0.2) is 36.5 Å². The first-order valence-electron chi connectivity index (χ1n) is 5.07. The number of hydrogen-bond acceptors (Lipinski definition) is 4. The minimum atomic E-state index is -1.13. The lowest BCUT2D eigenvalue weighted by Crippen LogP contribution is -2.05. The molecule has 1 heterocycles. The third-order valence-electron chi connectivity index (χ3n) is 2.38. The number of carboxylic acid groups (broad SMARTS) is 1. The number of hydrogen-bond donors (Lipinski definition) is 1. The van der Waals surface area contributed by atoms with E-state index in [1.54, 1.807) is 18.2 Å². The Kier molecular flexibility index (Phi) is 3.05. The van der Waals surface area contributed by atoms with Crippen molar-refractivity contribution in [2.24, 2.45) is 0 Å². The molecule has 0 aliphatic rings. The SMILES string of the molecule is O=C(O)c1ccn(Cc2ccccc2[N+](=O)[O-])n1. The van der Waals surface area contributed by atoms with Gasteiger partial charge in [-0.2, -0.15) is 5.10 Å². The highest BCUT2D eigenvalue weighted by molar-refractivity contribution is 5.85. The Hall–Kier alpha value is -2.70. The van der Waals surface area contributed by atoms with Gasteiger partial charge in [-0.05, 0) is 6.07 Å². The number of para-hydroxylation sites is 1. The lowest BCUT2D eigenvalue weighted by molar-refractivity contribution is -0.385. The molecule has 2 rings (SSSR count). The van der Waals surface area contributed by atoms with Gasteiger partial charge in [-0.1, -0.05) is 18.2 Å². The zero-order valence-electron chi connectivity index (χ0n) is 9.18. The van der Waals surface area contributed by atoms with Gasteiger partial charge in [0.25, 0.3) is 5.69 Å². The van der Waals surface area contributed by atoms with Gasteiger partial charge in [0.1, 0.15) is 0 Å². The molecule has 0 atom stereocenters. The molecule has 2 aromatic rings. The summed E-state index contributed by atoms with van der Waals surface area (Å²) in [6.07, 6.45) is 1.47. The summed E-state index contributed by atoms with van der Waals surface area (Å²) >= 11 is 0. The average molecular weight is 247 g/mol. The van der Waals surface area contributed by atoms with Crippen molar-refractivity contribution < 1.29 is 14.8 Å². The quantitative estimate of drug-likeness (QED) is 0.652. The predicted molar refractivity (Wildman–Crippen MR) is 61.4 cm³/mol. The van der Waals surface area contributed by atoms with Crippen LogP contribution in [0.25, 0.3) is 0 Å². The van der Waals surface area contributed by atoms with E-state index in [2.05, 4.69) is 5.10 Å². The monoisotopic (exact) mass is 247 g/mol. The van der Waals surface area contributed by atoms with Crippen molar-refractivity contribution in [1.29, 1.82) is 0 Å². The maximum Gasteiger partial charge on any atom is 0.356 e. The molecule has 0 spiro atoms. The Morgan fingerprint density at radius 1 is 1.39 bits per heavy atom. The van der Waals surface area contributed by atoms with Gasteiger partial charge in [0, 0.05) is 12.3 Å². The molecule has 0 aliphatic heterocycles. The molecule has 0 bridgehead atoms. The van der Waals surface area contributed by atoms with Crippen LogP contribution in [0.3, 0.4) is 0 Å². The van der Waals surface area contributed by atoms with Crippen molar-refractivity contribution in [1.82, 2.24) is 9.78 Å². The van der Waals surface area contributed by atoms with Crippen LogP contribution < -0.4 is 0 Å². The standard InChI is InChI=1S/C11H9N3O4/c15-11(16)9-5-6-13(12-9)7-8-3-1-2-4-10(8)14(17)18/h1-6H,7H2,(H,15,16). The second kappa shape index (κ2) is 4.66. The molecule has 0 saturated carbocycles. The van der Waals surface area contributed by atoms with E-state index in [1.807, 2.05) is 0 Å². The van der Waals surface area contributed by atoms with Crippen molar-refractivity contribution in [2.45, 2.75) is 6.54 Å². The Balaban J connectivity index is 2.28. The first-order chi connectivity index (χ1) is 8.58. The summed E-state index contributed by atoms with van der Waals surface area (Å²) in [7, 11) is 0. The highest BCUT2D eigenvalue weighted by Gasteiger charge is 2.14. The molecule has 0 amide bonds. The van der Waals surface area contributed by atoms with Gasteiger partial charge in [-0.3, -0.25) is 14.8 Å². The number of nitrogens with zero attached hydrogens (tertiary/aromatic N) is 3. The number of aromatic carboxylic acids is 1. The molecule has 18 heavy (non-hydrogen) atoms. The van der Waals surface area contributed by atoms with Gasteiger partial charge in [-0.15, -0.1) is 0 Å². The van der Waals surface area contributed by atoms with Crippen LogP contribution in [0.4, 0.5) is 5.69 Å². The molecule has 92 valence electrons. The third kappa shape index (κ3) is 2.34. The fraction of sp³-hybridized carbons (Fsp3) is 0.0909. The van der Waals surface area contributed by atoms with Crippen LogP contribution in [-0.2, 0) is 6.54 Å². The van der Waals surface area contributed by atoms with Crippen LogP contribution in [0, 0.1) is 10.1 Å². The second-order valence-corrected chi connectivity index (χ2v) is 3.59. The van der Waals surface area contributed by atoms with Gasteiger partial charge in [0.05, 0.1) is 17.0 Å². The summed E-state index contributed by atoms with van der Waals surface area (Å²) in [6.45, 7) is 0.157. The predicted octanol–water partition coefficient (Wildman–Crippen LogP) is 1.54. The fourth-order valence-corrected chi connectivity index (χ4v) is 1.56. The molecule has 0 unspecified atom stereocenters. The Labute approximate surface area is 101 Å². The first-order valence-corrected chi connectivity index (χ1v) is 5.07. The molecule has 1 aromatic carbocycles. The van der Waals surface area contributed by atoms with Crippen LogP contribution >= 0.6 is 0 Å². The van der Waals surface area contributed by atoms with E-state index in [4.69, 9.17) is 5.11 Å². The van der Waals surface area contributed by atoms with Crippen LogP contribution in [0.5, 0.6) is 0 Å². The van der Waals surface area contributed by atoms with Gasteiger partial charge < -0.3 is 5.11 Å². The van der Waals surface area contributed by atoms with Crippen molar-refractivity contribution >= 4 is 11.7 Å². The van der Waals surface area contributed by atoms with E-state index in [9.17, 15) is 14.9 Å². The number of aromatic nitrogens is 2. The summed E-state index contributed by atoms with van der Waals surface area (Å²) in [6, 6.07) is 7.62. The average Bonchev–Trinajstić information content (AvgIpc) is 2.78. The van der Waals surface area contributed by atoms with Crippen molar-refractivity contribution in [3.05, 3.63) is 57.9 Å². The lowest BCUT2D eigenvalue weighted by Gasteiger charge is -2.02. The van der Waals surface area contributed by atoms with E-state index in [1.165, 1.54) is 23.0 Å². The number of carboxylic acids is 1. The van der Waals surface area contributed by atoms with Crippen molar-refractivity contribution in [3.63, 3.8) is 0 Å². The van der Waals surface area contributed by atoms with E-state index in [-0.39, 0.29) is 17.9 Å². The number of nitro benzene ring substituents is 1. The summed E-state index contributed by atoms with van der Waals surface area (Å²) in [4.78, 5) is 21.0. The molecule has 0 saturated heterocycles. The highest BCUT2D eigenvalue weighted by Crippen LogP contribution is 2.18. The number of carbonyl (C=O) groups is 1. The van der Waals surface area contributed by atoms with Crippen molar-refractivity contribution in [2.75, 3.05) is 0 Å². The maximum atomic E-state index is 10.8. The van der Waals surface area contributed by atoms with Crippen LogP contribution in [0.1, 0.15) is 16.1 Å². The minimum Gasteiger partial charge on any atom is -0.476 e. The third-order valence-corrected chi connectivity index (χ3v) is 2.38. The van der Waals surface area contributed by atoms with Gasteiger partial charge in [0.2, 0.25) is 0 Å². The summed E-state index contributed by atoms with van der Waals surface area (Å²) in [5.41, 5.74) is 0.376.